The van der Waals surface area contributed by atoms with Crippen molar-refractivity contribution in [3.8, 4) is 0 Å². The second-order valence-electron chi connectivity index (χ2n) is 7.13. The Bertz CT molecular complexity index is 817. The molecule has 2 aromatic rings. The van der Waals surface area contributed by atoms with Crippen molar-refractivity contribution < 1.29 is 9.59 Å². The summed E-state index contributed by atoms with van der Waals surface area (Å²) in [6.07, 6.45) is 5.94. The number of thiophene rings is 1. The molecule has 6 nitrogen and oxygen atoms in total. The molecule has 0 aromatic carbocycles. The van der Waals surface area contributed by atoms with E-state index in [2.05, 4.69) is 10.4 Å². The molecule has 0 saturated carbocycles. The number of rotatable bonds is 2. The van der Waals surface area contributed by atoms with Gasteiger partial charge in [0.15, 0.2) is 0 Å². The Labute approximate surface area is 150 Å². The first-order chi connectivity index (χ1) is 12.0. The monoisotopic (exact) mass is 358 g/mol. The predicted molar refractivity (Wildman–Crippen MR) is 95.6 cm³/mol. The first-order valence-corrected chi connectivity index (χ1v) is 9.49. The normalized spacial score (nSPS) is 22.4. The third kappa shape index (κ3) is 2.76. The molecule has 2 fully saturated rings. The fourth-order valence-electron chi connectivity index (χ4n) is 4.17. The molecule has 1 unspecified atom stereocenters. The van der Waals surface area contributed by atoms with Gasteiger partial charge in [0.2, 0.25) is 5.91 Å². The van der Waals surface area contributed by atoms with E-state index < -0.39 is 0 Å². The Morgan fingerprint density at radius 3 is 2.76 bits per heavy atom. The van der Waals surface area contributed by atoms with Gasteiger partial charge in [0.25, 0.3) is 5.91 Å². The zero-order valence-electron chi connectivity index (χ0n) is 14.5. The molecule has 25 heavy (non-hydrogen) atoms. The Hall–Kier alpha value is -2.15. The standard InChI is InChI=1S/C18H22N4O2S/c1-12-3-8-25-16(12)17(24)22-6-4-18(5-7-22)14(9-15(23)20-18)13-10-19-21(2)11-13/h3,8,10-11,14H,4-7,9H2,1-2H3,(H,20,23). The lowest BCUT2D eigenvalue weighted by Gasteiger charge is -2.42. The summed E-state index contributed by atoms with van der Waals surface area (Å²) in [6.45, 7) is 3.32. The van der Waals surface area contributed by atoms with E-state index >= 15 is 0 Å². The van der Waals surface area contributed by atoms with Gasteiger partial charge in [-0.25, -0.2) is 0 Å². The average Bonchev–Trinajstić information content (AvgIpc) is 3.27. The molecular weight excluding hydrogens is 336 g/mol. The summed E-state index contributed by atoms with van der Waals surface area (Å²) >= 11 is 1.50. The molecule has 4 rings (SSSR count). The van der Waals surface area contributed by atoms with E-state index in [0.29, 0.717) is 19.5 Å². The Kier molecular flexibility index (Phi) is 3.91. The maximum absolute atomic E-state index is 12.7. The Morgan fingerprint density at radius 2 is 2.16 bits per heavy atom. The van der Waals surface area contributed by atoms with Crippen molar-refractivity contribution in [2.45, 2.75) is 37.6 Å². The lowest BCUT2D eigenvalue weighted by molar-refractivity contribution is -0.120. The van der Waals surface area contributed by atoms with Gasteiger partial charge in [-0.2, -0.15) is 5.10 Å². The minimum absolute atomic E-state index is 0.0998. The molecule has 2 aliphatic rings. The van der Waals surface area contributed by atoms with Crippen LogP contribution in [-0.2, 0) is 11.8 Å². The number of nitrogens with one attached hydrogen (secondary N) is 1. The van der Waals surface area contributed by atoms with Crippen LogP contribution in [0.3, 0.4) is 0 Å². The summed E-state index contributed by atoms with van der Waals surface area (Å²) in [5, 5.41) is 9.45. The molecule has 4 heterocycles. The molecular formula is C18H22N4O2S. The highest BCUT2D eigenvalue weighted by atomic mass is 32.1. The molecule has 1 atom stereocenters. The van der Waals surface area contributed by atoms with Crippen LogP contribution >= 0.6 is 11.3 Å². The number of aryl methyl sites for hydroxylation is 2. The fraction of sp³-hybridized carbons (Fsp3) is 0.500. The van der Waals surface area contributed by atoms with Crippen LogP contribution in [-0.4, -0.2) is 45.1 Å². The second kappa shape index (κ2) is 5.98. The predicted octanol–water partition coefficient (Wildman–Crippen LogP) is 2.07. The summed E-state index contributed by atoms with van der Waals surface area (Å²) in [6, 6.07) is 1.99. The number of likely N-dealkylation sites (tertiary alicyclic amines) is 1. The van der Waals surface area contributed by atoms with Crippen molar-refractivity contribution in [3.05, 3.63) is 39.8 Å². The van der Waals surface area contributed by atoms with E-state index in [9.17, 15) is 9.59 Å². The van der Waals surface area contributed by atoms with Gasteiger partial charge < -0.3 is 10.2 Å². The van der Waals surface area contributed by atoms with Crippen molar-refractivity contribution >= 4 is 23.2 Å². The van der Waals surface area contributed by atoms with Crippen molar-refractivity contribution in [1.29, 1.82) is 0 Å². The third-order valence-corrected chi connectivity index (χ3v) is 6.58. The summed E-state index contributed by atoms with van der Waals surface area (Å²) in [5.74, 6) is 0.349. The number of nitrogens with zero attached hydrogens (tertiary/aromatic N) is 3. The zero-order valence-corrected chi connectivity index (χ0v) is 15.3. The summed E-state index contributed by atoms with van der Waals surface area (Å²) < 4.78 is 1.78. The molecule has 132 valence electrons. The molecule has 2 saturated heterocycles. The highest BCUT2D eigenvalue weighted by Gasteiger charge is 2.49. The molecule has 2 amide bonds. The molecule has 7 heteroatoms. The molecule has 0 radical (unpaired) electrons. The van der Waals surface area contributed by atoms with Crippen LogP contribution in [0.15, 0.2) is 23.8 Å². The SMILES string of the molecule is Cc1ccsc1C(=O)N1CCC2(CC1)NC(=O)CC2c1cnn(C)c1. The number of aromatic nitrogens is 2. The van der Waals surface area contributed by atoms with Crippen LogP contribution in [0, 0.1) is 6.92 Å². The van der Waals surface area contributed by atoms with Crippen molar-refractivity contribution in [1.82, 2.24) is 20.0 Å². The number of hydrogen-bond acceptors (Lipinski definition) is 4. The van der Waals surface area contributed by atoms with Gasteiger partial charge in [0.05, 0.1) is 16.6 Å². The smallest absolute Gasteiger partial charge is 0.264 e. The van der Waals surface area contributed by atoms with Gasteiger partial charge >= 0.3 is 0 Å². The fourth-order valence-corrected chi connectivity index (χ4v) is 5.06. The topological polar surface area (TPSA) is 67.2 Å². The number of hydrogen-bond donors (Lipinski definition) is 1. The van der Waals surface area contributed by atoms with E-state index in [1.54, 1.807) is 4.68 Å². The Balaban J connectivity index is 1.52. The summed E-state index contributed by atoms with van der Waals surface area (Å²) in [5.41, 5.74) is 1.90. The van der Waals surface area contributed by atoms with E-state index in [1.165, 1.54) is 11.3 Å². The molecule has 0 aliphatic carbocycles. The summed E-state index contributed by atoms with van der Waals surface area (Å²) in [4.78, 5) is 27.6. The average molecular weight is 358 g/mol. The zero-order chi connectivity index (χ0) is 17.6. The molecule has 2 aromatic heterocycles. The Morgan fingerprint density at radius 1 is 1.40 bits per heavy atom. The van der Waals surface area contributed by atoms with E-state index in [-0.39, 0.29) is 23.3 Å². The van der Waals surface area contributed by atoms with E-state index in [0.717, 1.165) is 28.8 Å². The van der Waals surface area contributed by atoms with Gasteiger partial charge in [-0.05, 0) is 42.3 Å². The highest BCUT2D eigenvalue weighted by Crippen LogP contribution is 2.43. The maximum atomic E-state index is 12.7. The van der Waals surface area contributed by atoms with Crippen molar-refractivity contribution in [3.63, 3.8) is 0 Å². The molecule has 2 aliphatic heterocycles. The maximum Gasteiger partial charge on any atom is 0.264 e. The van der Waals surface area contributed by atoms with Gasteiger partial charge in [0.1, 0.15) is 0 Å². The van der Waals surface area contributed by atoms with Crippen LogP contribution < -0.4 is 5.32 Å². The second-order valence-corrected chi connectivity index (χ2v) is 8.05. The van der Waals surface area contributed by atoms with Gasteiger partial charge in [-0.15, -0.1) is 11.3 Å². The minimum atomic E-state index is -0.249. The van der Waals surface area contributed by atoms with Crippen LogP contribution in [0.2, 0.25) is 0 Å². The number of carbonyl (C=O) groups is 2. The van der Waals surface area contributed by atoms with E-state index in [4.69, 9.17) is 0 Å². The third-order valence-electron chi connectivity index (χ3n) is 5.57. The highest BCUT2D eigenvalue weighted by molar-refractivity contribution is 7.12. The molecule has 1 N–H and O–H groups in total. The number of amides is 2. The molecule has 1 spiro atoms. The van der Waals surface area contributed by atoms with Crippen LogP contribution in [0.25, 0.3) is 0 Å². The first kappa shape index (κ1) is 16.3. The number of piperidine rings is 1. The van der Waals surface area contributed by atoms with Crippen LogP contribution in [0.4, 0.5) is 0 Å². The lowest BCUT2D eigenvalue weighted by atomic mass is 9.75. The number of carbonyl (C=O) groups excluding carboxylic acids is 2. The van der Waals surface area contributed by atoms with Gasteiger partial charge in [0, 0.05) is 38.7 Å². The van der Waals surface area contributed by atoms with Gasteiger partial charge in [-0.3, -0.25) is 14.3 Å². The van der Waals surface area contributed by atoms with Gasteiger partial charge in [-0.1, -0.05) is 0 Å². The van der Waals surface area contributed by atoms with Crippen molar-refractivity contribution in [2.75, 3.05) is 13.1 Å². The van der Waals surface area contributed by atoms with Crippen LogP contribution in [0.5, 0.6) is 0 Å². The quantitative estimate of drug-likeness (QED) is 0.894. The largest absolute Gasteiger partial charge is 0.350 e. The van der Waals surface area contributed by atoms with Crippen LogP contribution in [0.1, 0.15) is 46.0 Å². The van der Waals surface area contributed by atoms with Crippen molar-refractivity contribution in [2.24, 2.45) is 7.05 Å². The van der Waals surface area contributed by atoms with E-state index in [1.807, 2.05) is 42.7 Å². The summed E-state index contributed by atoms with van der Waals surface area (Å²) in [7, 11) is 1.89. The first-order valence-electron chi connectivity index (χ1n) is 8.61. The lowest BCUT2D eigenvalue weighted by Crippen LogP contribution is -2.54. The molecule has 0 bridgehead atoms. The minimum Gasteiger partial charge on any atom is -0.350 e.